The molecule has 11 rings (SSSR count). The van der Waals surface area contributed by atoms with Crippen LogP contribution >= 0.6 is 11.8 Å². The maximum Gasteiger partial charge on any atom is 0.164 e. The quantitative estimate of drug-likeness (QED) is 0.180. The van der Waals surface area contributed by atoms with Gasteiger partial charge in [-0.05, 0) is 86.1 Å². The van der Waals surface area contributed by atoms with Gasteiger partial charge in [-0.25, -0.2) is 15.0 Å². The van der Waals surface area contributed by atoms with Gasteiger partial charge in [0.05, 0.1) is 17.0 Å². The lowest BCUT2D eigenvalue weighted by Crippen LogP contribution is -2.32. The molecule has 0 saturated carbocycles. The van der Waals surface area contributed by atoms with E-state index < -0.39 is 5.41 Å². The van der Waals surface area contributed by atoms with Crippen LogP contribution in [0.1, 0.15) is 27.8 Å². The van der Waals surface area contributed by atoms with E-state index in [1.165, 1.54) is 32.0 Å². The van der Waals surface area contributed by atoms with E-state index in [2.05, 4.69) is 121 Å². The van der Waals surface area contributed by atoms with Crippen molar-refractivity contribution >= 4 is 22.5 Å². The van der Waals surface area contributed by atoms with Gasteiger partial charge in [0.1, 0.15) is 0 Å². The lowest BCUT2D eigenvalue weighted by atomic mass is 9.67. The molecule has 0 saturated heterocycles. The number of benzene rings is 8. The second kappa shape index (κ2) is 12.7. The molecule has 0 N–H and O–H groups in total. The summed E-state index contributed by atoms with van der Waals surface area (Å²) in [7, 11) is 0. The maximum atomic E-state index is 10.2. The Kier molecular flexibility index (Phi) is 7.35. The van der Waals surface area contributed by atoms with Gasteiger partial charge in [-0.2, -0.15) is 5.26 Å². The fourth-order valence-corrected chi connectivity index (χ4v) is 10.0. The molecule has 0 amide bonds. The Hall–Kier alpha value is -7.13. The first-order valence-electron chi connectivity index (χ1n) is 18.7. The van der Waals surface area contributed by atoms with Crippen LogP contribution < -0.4 is 0 Å². The van der Waals surface area contributed by atoms with Crippen molar-refractivity contribution in [3.63, 3.8) is 0 Å². The topological polar surface area (TPSA) is 62.5 Å². The molecule has 1 aliphatic carbocycles. The van der Waals surface area contributed by atoms with Crippen molar-refractivity contribution in [2.45, 2.75) is 15.2 Å². The van der Waals surface area contributed by atoms with Crippen molar-refractivity contribution in [3.05, 3.63) is 210 Å². The molecule has 2 aliphatic rings. The van der Waals surface area contributed by atoms with Crippen molar-refractivity contribution < 1.29 is 0 Å². The van der Waals surface area contributed by atoms with Crippen LogP contribution in [0.5, 0.6) is 0 Å². The molecule has 0 radical (unpaired) electrons. The molecule has 2 heterocycles. The number of fused-ring (bicyclic) bond motifs is 10. The van der Waals surface area contributed by atoms with Crippen molar-refractivity contribution in [1.82, 2.24) is 15.0 Å². The van der Waals surface area contributed by atoms with E-state index in [4.69, 9.17) is 15.0 Å². The van der Waals surface area contributed by atoms with Crippen LogP contribution in [0.2, 0.25) is 0 Å². The van der Waals surface area contributed by atoms with E-state index in [1.54, 1.807) is 0 Å². The van der Waals surface area contributed by atoms with Gasteiger partial charge in [0, 0.05) is 32.0 Å². The second-order valence-corrected chi connectivity index (χ2v) is 15.3. The molecular formula is C51H30N4S. The van der Waals surface area contributed by atoms with E-state index in [0.717, 1.165) is 49.7 Å². The molecule has 0 fully saturated rings. The third kappa shape index (κ3) is 4.83. The molecule has 260 valence electrons. The average molecular weight is 731 g/mol. The molecule has 5 heteroatoms. The Bertz CT molecular complexity index is 2970. The predicted octanol–water partition coefficient (Wildman–Crippen LogP) is 12.4. The highest BCUT2D eigenvalue weighted by Crippen LogP contribution is 2.62. The van der Waals surface area contributed by atoms with Gasteiger partial charge in [0.2, 0.25) is 0 Å². The molecule has 0 atom stereocenters. The fourth-order valence-electron chi connectivity index (χ4n) is 8.82. The summed E-state index contributed by atoms with van der Waals surface area (Å²) in [5, 5.41) is 12.5. The van der Waals surface area contributed by atoms with Crippen molar-refractivity contribution in [3.8, 4) is 62.5 Å². The molecule has 1 spiro atoms. The normalized spacial score (nSPS) is 13.1. The molecule has 1 aliphatic heterocycles. The number of nitrogens with zero attached hydrogens (tertiary/aromatic N) is 4. The molecule has 4 nitrogen and oxygen atoms in total. The maximum absolute atomic E-state index is 10.2. The van der Waals surface area contributed by atoms with Gasteiger partial charge in [-0.15, -0.1) is 0 Å². The van der Waals surface area contributed by atoms with Gasteiger partial charge in [-0.1, -0.05) is 157 Å². The zero-order valence-corrected chi connectivity index (χ0v) is 30.8. The first-order chi connectivity index (χ1) is 27.7. The highest BCUT2D eigenvalue weighted by molar-refractivity contribution is 7.99. The first kappa shape index (κ1) is 32.3. The predicted molar refractivity (Wildman–Crippen MR) is 225 cm³/mol. The number of aromatic nitrogens is 3. The summed E-state index contributed by atoms with van der Waals surface area (Å²) in [6, 6.07) is 66.2. The van der Waals surface area contributed by atoms with Crippen LogP contribution in [0, 0.1) is 11.3 Å². The number of hydrogen-bond donors (Lipinski definition) is 0. The summed E-state index contributed by atoms with van der Waals surface area (Å²) in [5.74, 6) is 1.86. The minimum Gasteiger partial charge on any atom is -0.208 e. The molecular weight excluding hydrogens is 701 g/mol. The summed E-state index contributed by atoms with van der Waals surface area (Å²) in [4.78, 5) is 17.8. The monoisotopic (exact) mass is 730 g/mol. The fraction of sp³-hybridized carbons (Fsp3) is 0.0196. The van der Waals surface area contributed by atoms with Crippen LogP contribution in [0.15, 0.2) is 192 Å². The zero-order chi connectivity index (χ0) is 37.2. The number of nitriles is 1. The third-order valence-electron chi connectivity index (χ3n) is 11.2. The van der Waals surface area contributed by atoms with Crippen molar-refractivity contribution in [2.75, 3.05) is 0 Å². The molecule has 9 aromatic rings. The van der Waals surface area contributed by atoms with E-state index in [9.17, 15) is 5.26 Å². The van der Waals surface area contributed by atoms with Gasteiger partial charge in [0.15, 0.2) is 17.5 Å². The molecule has 0 unspecified atom stereocenters. The second-order valence-electron chi connectivity index (χ2n) is 14.2. The van der Waals surface area contributed by atoms with Crippen LogP contribution in [-0.2, 0) is 5.41 Å². The Labute approximate surface area is 328 Å². The Balaban J connectivity index is 1.22. The minimum atomic E-state index is -0.634. The summed E-state index contributed by atoms with van der Waals surface area (Å²) in [6.07, 6.45) is 0. The highest BCUT2D eigenvalue weighted by Gasteiger charge is 2.50. The molecule has 56 heavy (non-hydrogen) atoms. The largest absolute Gasteiger partial charge is 0.208 e. The van der Waals surface area contributed by atoms with Crippen LogP contribution in [0.4, 0.5) is 0 Å². The molecule has 0 bridgehead atoms. The smallest absolute Gasteiger partial charge is 0.164 e. The average Bonchev–Trinajstić information content (AvgIpc) is 3.55. The number of hydrogen-bond acceptors (Lipinski definition) is 5. The van der Waals surface area contributed by atoms with Gasteiger partial charge >= 0.3 is 0 Å². The summed E-state index contributed by atoms with van der Waals surface area (Å²) < 4.78 is 0. The minimum absolute atomic E-state index is 0.611. The van der Waals surface area contributed by atoms with Gasteiger partial charge in [0.25, 0.3) is 0 Å². The van der Waals surface area contributed by atoms with Crippen molar-refractivity contribution in [2.24, 2.45) is 0 Å². The summed E-state index contributed by atoms with van der Waals surface area (Å²) >= 11 is 1.82. The lowest BCUT2D eigenvalue weighted by Gasteiger charge is -2.39. The Morgan fingerprint density at radius 2 is 0.964 bits per heavy atom. The SMILES string of the molecule is N#Cc1ccc2c(c1)C1(c3ccccc3Sc3ccccc31)c1cc(-c3c(-c4nc(-c5ccccc5)nc(-c5ccccc5)n4)ccc4ccccc34)ccc1-2. The summed E-state index contributed by atoms with van der Waals surface area (Å²) in [6.45, 7) is 0. The van der Waals surface area contributed by atoms with Gasteiger partial charge < -0.3 is 0 Å². The first-order valence-corrected chi connectivity index (χ1v) is 19.5. The molecule has 1 aromatic heterocycles. The standard InChI is InChI=1S/C51H30N4S/c52-31-32-23-26-38-39-27-25-36(30-44(39)51(43(38)29-32)41-19-9-11-21-45(41)56-46-22-12-10-20-42(46)51)47-37-18-8-7-13-33(37)24-28-40(47)50-54-48(34-14-3-1-4-15-34)53-49(55-50)35-16-5-2-6-17-35/h1-30H. The number of rotatable bonds is 4. The third-order valence-corrected chi connectivity index (χ3v) is 12.4. The Morgan fingerprint density at radius 1 is 0.429 bits per heavy atom. The van der Waals surface area contributed by atoms with Crippen LogP contribution in [0.25, 0.3) is 67.2 Å². The molecule has 8 aromatic carbocycles. The lowest BCUT2D eigenvalue weighted by molar-refractivity contribution is 0.722. The van der Waals surface area contributed by atoms with E-state index >= 15 is 0 Å². The van der Waals surface area contributed by atoms with Crippen molar-refractivity contribution in [1.29, 1.82) is 5.26 Å². The van der Waals surface area contributed by atoms with E-state index in [0.29, 0.717) is 23.0 Å². The van der Waals surface area contributed by atoms with E-state index in [1.807, 2.05) is 78.5 Å². The van der Waals surface area contributed by atoms with Gasteiger partial charge in [-0.3, -0.25) is 0 Å². The van der Waals surface area contributed by atoms with Crippen LogP contribution in [0.3, 0.4) is 0 Å². The van der Waals surface area contributed by atoms with Crippen LogP contribution in [-0.4, -0.2) is 15.0 Å². The van der Waals surface area contributed by atoms with E-state index in [-0.39, 0.29) is 0 Å². The zero-order valence-electron chi connectivity index (χ0n) is 30.0. The Morgan fingerprint density at radius 3 is 1.62 bits per heavy atom. The summed E-state index contributed by atoms with van der Waals surface area (Å²) in [5.41, 5.74) is 12.0. The highest BCUT2D eigenvalue weighted by atomic mass is 32.2.